The van der Waals surface area contributed by atoms with E-state index in [1.165, 1.54) is 42.9 Å². The molecule has 6 fully saturated rings. The molecular formula is C53H61N9O9S. The number of nitrogens with zero attached hydrogens (tertiary/aromatic N) is 6. The van der Waals surface area contributed by atoms with Gasteiger partial charge in [0.25, 0.3) is 21.6 Å². The quantitative estimate of drug-likeness (QED) is 0.0884. The van der Waals surface area contributed by atoms with Gasteiger partial charge in [-0.15, -0.1) is 0 Å². The summed E-state index contributed by atoms with van der Waals surface area (Å²) in [5.41, 5.74) is 5.64. The van der Waals surface area contributed by atoms with Crippen molar-refractivity contribution < 1.29 is 37.1 Å². The molecular weight excluding hydrogens is 939 g/mol. The first kappa shape index (κ1) is 45.8. The second-order valence-corrected chi connectivity index (χ2v) is 23.4. The summed E-state index contributed by atoms with van der Waals surface area (Å²) in [5.74, 6) is -0.0142. The maximum absolute atomic E-state index is 14.8. The number of sulfonamides is 1. The van der Waals surface area contributed by atoms with Gasteiger partial charge in [0.15, 0.2) is 11.4 Å². The third-order valence-corrected chi connectivity index (χ3v) is 18.4. The van der Waals surface area contributed by atoms with Crippen LogP contribution in [-0.2, 0) is 19.5 Å². The van der Waals surface area contributed by atoms with Crippen LogP contribution in [0.2, 0.25) is 0 Å². The zero-order chi connectivity index (χ0) is 49.0. The van der Waals surface area contributed by atoms with Gasteiger partial charge in [-0.2, -0.15) is 4.98 Å². The Labute approximate surface area is 418 Å². The Balaban J connectivity index is 0.778. The molecule has 9 heterocycles. The normalized spacial score (nSPS) is 26.8. The van der Waals surface area contributed by atoms with E-state index < -0.39 is 37.5 Å². The number of fused-ring (bicyclic) bond motifs is 6. The van der Waals surface area contributed by atoms with Crippen molar-refractivity contribution in [1.82, 2.24) is 24.5 Å². The Morgan fingerprint density at radius 2 is 1.83 bits per heavy atom. The number of hydrogen-bond acceptors (Lipinski definition) is 15. The number of aromatic amines is 1. The van der Waals surface area contributed by atoms with Crippen LogP contribution in [0.25, 0.3) is 11.0 Å². The van der Waals surface area contributed by atoms with Crippen LogP contribution in [0.4, 0.5) is 28.4 Å². The van der Waals surface area contributed by atoms with E-state index in [1.54, 1.807) is 6.07 Å². The third-order valence-electron chi connectivity index (χ3n) is 17.1. The molecule has 1 spiro atoms. The van der Waals surface area contributed by atoms with Gasteiger partial charge >= 0.3 is 0 Å². The number of amides is 1. The lowest BCUT2D eigenvalue weighted by atomic mass is 9.59. The monoisotopic (exact) mass is 999 g/mol. The first-order valence-electron chi connectivity index (χ1n) is 25.8. The lowest BCUT2D eigenvalue weighted by Crippen LogP contribution is -2.55. The molecule has 13 rings (SSSR count). The molecule has 2 aromatic heterocycles. The average molecular weight is 1000 g/mol. The number of nitro groups is 1. The molecule has 3 aromatic carbocycles. The van der Waals surface area contributed by atoms with Gasteiger partial charge in [0.1, 0.15) is 24.0 Å². The fourth-order valence-electron chi connectivity index (χ4n) is 13.4. The van der Waals surface area contributed by atoms with E-state index in [0.717, 1.165) is 62.6 Å². The number of pyridine rings is 1. The first-order valence-corrected chi connectivity index (χ1v) is 27.3. The molecule has 18 nitrogen and oxygen atoms in total. The highest BCUT2D eigenvalue weighted by Gasteiger charge is 2.51. The van der Waals surface area contributed by atoms with E-state index in [-0.39, 0.29) is 47.2 Å². The summed E-state index contributed by atoms with van der Waals surface area (Å²) >= 11 is 0. The zero-order valence-corrected chi connectivity index (χ0v) is 41.4. The topological polar surface area (TPSA) is 197 Å². The van der Waals surface area contributed by atoms with E-state index in [9.17, 15) is 23.3 Å². The molecule has 2 bridgehead atoms. The lowest BCUT2D eigenvalue weighted by molar-refractivity contribution is -0.384. The van der Waals surface area contributed by atoms with E-state index in [1.807, 2.05) is 35.4 Å². The fourth-order valence-corrected chi connectivity index (χ4v) is 14.4. The number of aromatic nitrogens is 2. The summed E-state index contributed by atoms with van der Waals surface area (Å²) in [6, 6.07) is 21.4. The number of nitrogens with one attached hydrogen (secondary N) is 3. The molecule has 6 atom stereocenters. The van der Waals surface area contributed by atoms with Gasteiger partial charge in [0.2, 0.25) is 5.88 Å². The minimum absolute atomic E-state index is 0.0266. The molecule has 3 N–H and O–H groups in total. The van der Waals surface area contributed by atoms with Crippen molar-refractivity contribution in [2.75, 3.05) is 74.3 Å². The van der Waals surface area contributed by atoms with Crippen molar-refractivity contribution in [3.8, 4) is 11.6 Å². The Hall–Kier alpha value is -5.99. The van der Waals surface area contributed by atoms with E-state index in [4.69, 9.17) is 23.9 Å². The summed E-state index contributed by atoms with van der Waals surface area (Å²) in [6.07, 6.45) is 9.47. The van der Waals surface area contributed by atoms with Crippen LogP contribution in [-0.4, -0.2) is 135 Å². The van der Waals surface area contributed by atoms with Gasteiger partial charge in [-0.05, 0) is 104 Å². The number of morpholine rings is 1. The minimum Gasteiger partial charge on any atom is -0.489 e. The number of H-pyrrole nitrogens is 1. The second kappa shape index (κ2) is 17.6. The molecule has 0 radical (unpaired) electrons. The molecule has 1 aliphatic carbocycles. The van der Waals surface area contributed by atoms with Crippen molar-refractivity contribution >= 4 is 55.4 Å². The number of benzene rings is 3. The molecule has 8 aliphatic rings. The Bertz CT molecular complexity index is 3080. The predicted molar refractivity (Wildman–Crippen MR) is 270 cm³/mol. The molecule has 1 saturated carbocycles. The summed E-state index contributed by atoms with van der Waals surface area (Å²) in [5, 5.41) is 16.7. The number of hydrogen-bond donors (Lipinski definition) is 3. The van der Waals surface area contributed by atoms with Crippen molar-refractivity contribution in [2.45, 2.75) is 112 Å². The van der Waals surface area contributed by atoms with Crippen LogP contribution in [0.15, 0.2) is 77.8 Å². The van der Waals surface area contributed by atoms with Gasteiger partial charge < -0.3 is 39.0 Å². The molecule has 0 unspecified atom stereocenters. The second-order valence-electron chi connectivity index (χ2n) is 21.7. The lowest BCUT2D eigenvalue weighted by Gasteiger charge is -2.56. The molecule has 19 heteroatoms. The van der Waals surface area contributed by atoms with Gasteiger partial charge in [0.05, 0.1) is 59.1 Å². The van der Waals surface area contributed by atoms with Crippen LogP contribution in [0.5, 0.6) is 11.6 Å². The van der Waals surface area contributed by atoms with Crippen LogP contribution < -0.4 is 29.3 Å². The van der Waals surface area contributed by atoms with Crippen molar-refractivity contribution in [1.29, 1.82) is 0 Å². The summed E-state index contributed by atoms with van der Waals surface area (Å²) < 4.78 is 55.2. The molecule has 5 saturated heterocycles. The summed E-state index contributed by atoms with van der Waals surface area (Å²) in [7, 11) is -4.69. The van der Waals surface area contributed by atoms with Crippen LogP contribution >= 0.6 is 0 Å². The highest BCUT2D eigenvalue weighted by Crippen LogP contribution is 2.55. The minimum atomic E-state index is -4.69. The van der Waals surface area contributed by atoms with Crippen LogP contribution in [0, 0.1) is 15.5 Å². The molecule has 5 aromatic rings. The van der Waals surface area contributed by atoms with Crippen molar-refractivity contribution in [3.63, 3.8) is 0 Å². The van der Waals surface area contributed by atoms with Crippen LogP contribution in [0.1, 0.15) is 92.2 Å². The molecule has 1 amide bonds. The maximum atomic E-state index is 14.8. The molecule has 72 heavy (non-hydrogen) atoms. The highest BCUT2D eigenvalue weighted by atomic mass is 32.2. The number of anilines is 4. The number of carbonyl (C=O) groups excluding carboxylic acids is 1. The zero-order valence-electron chi connectivity index (χ0n) is 40.6. The van der Waals surface area contributed by atoms with Gasteiger partial charge in [0, 0.05) is 73.7 Å². The van der Waals surface area contributed by atoms with Gasteiger partial charge in [-0.25, -0.2) is 13.1 Å². The Morgan fingerprint density at radius 3 is 2.62 bits per heavy atom. The van der Waals surface area contributed by atoms with E-state index >= 15 is 0 Å². The standard InChI is InChI=1S/C53H61N9O9S/c1-31(2)39-6-3-4-7-40(39)42-8-5-15-60(42)36-23-53(24-36)12-16-58(17-13-53)34-9-10-41(43(20-34)61-45-18-32-11-14-54-50(32)56-52(45)71-48-30-68-29-46(48)61)51(63)57-72(66,67)38-21-44(62(64)65)49-47(22-38)70-27-33(55-49)25-59-26-37-19-35(59)28-69-37/h3-4,6-7,9-11,14,18,20-22,31,33,35-37,42,46,48,55H,5,8,12-13,15-17,19,23-30H2,1-2H3,(H,54,56)(H,57,63)/t33-,35-,37-,42-,46+,48+/m0/s1. The number of rotatable bonds is 11. The summed E-state index contributed by atoms with van der Waals surface area (Å²) in [4.78, 5) is 43.7. The largest absolute Gasteiger partial charge is 0.489 e. The summed E-state index contributed by atoms with van der Waals surface area (Å²) in [6.45, 7) is 10.2. The predicted octanol–water partition coefficient (Wildman–Crippen LogP) is 7.24. The third kappa shape index (κ3) is 7.93. The average Bonchev–Trinajstić information content (AvgIpc) is 4.24. The highest BCUT2D eigenvalue weighted by molar-refractivity contribution is 7.90. The Morgan fingerprint density at radius 1 is 0.986 bits per heavy atom. The van der Waals surface area contributed by atoms with Crippen molar-refractivity contribution in [2.24, 2.45) is 5.41 Å². The number of ether oxygens (including phenoxy) is 4. The first-order chi connectivity index (χ1) is 34.9. The molecule has 378 valence electrons. The number of carbonyl (C=O) groups is 1. The van der Waals surface area contributed by atoms with Crippen molar-refractivity contribution in [3.05, 3.63) is 99.7 Å². The van der Waals surface area contributed by atoms with Gasteiger partial charge in [-0.1, -0.05) is 38.1 Å². The van der Waals surface area contributed by atoms with E-state index in [2.05, 4.69) is 67.8 Å². The van der Waals surface area contributed by atoms with Crippen LogP contribution in [0.3, 0.4) is 0 Å². The Kier molecular flexibility index (Phi) is 11.2. The maximum Gasteiger partial charge on any atom is 0.297 e. The number of piperidine rings is 1. The smallest absolute Gasteiger partial charge is 0.297 e. The number of nitro benzene ring substituents is 1. The SMILES string of the molecule is CC(C)c1ccccc1[C@@H]1CCCN1C1CC2(CCN(c3ccc(C(=O)NS(=O)(=O)c4cc5c(c([N+](=O)[O-])c4)N[C@@H](CN4C[C@@H]6C[C@H]4CO6)CO5)c(N4c5cc6cc[nH]c6nc5O[C@@H]5COC[C@H]54)c3)CC2)C1. The molecule has 7 aliphatic heterocycles. The van der Waals surface area contributed by atoms with Gasteiger partial charge in [-0.3, -0.25) is 24.7 Å². The van der Waals surface area contributed by atoms with E-state index in [0.29, 0.717) is 73.3 Å². The number of likely N-dealkylation sites (tertiary alicyclic amines) is 2. The fraction of sp³-hybridized carbons (Fsp3) is 0.509.